The van der Waals surface area contributed by atoms with Gasteiger partial charge in [-0.15, -0.1) is 5.10 Å². The van der Waals surface area contributed by atoms with Crippen molar-refractivity contribution in [2.75, 3.05) is 5.32 Å². The van der Waals surface area contributed by atoms with E-state index in [-0.39, 0.29) is 11.4 Å². The minimum absolute atomic E-state index is 0.00870. The lowest BCUT2D eigenvalue weighted by Crippen LogP contribution is -2.12. The van der Waals surface area contributed by atoms with Crippen molar-refractivity contribution in [1.82, 2.24) is 15.0 Å². The van der Waals surface area contributed by atoms with Crippen LogP contribution < -0.4 is 5.32 Å². The Balaban J connectivity index is 1.81. The summed E-state index contributed by atoms with van der Waals surface area (Å²) >= 11 is 0. The fourth-order valence-corrected chi connectivity index (χ4v) is 2.01. The lowest BCUT2D eigenvalue weighted by molar-refractivity contribution is 0.102. The van der Waals surface area contributed by atoms with Gasteiger partial charge < -0.3 is 10.4 Å². The maximum atomic E-state index is 12.2. The predicted molar refractivity (Wildman–Crippen MR) is 82.2 cm³/mol. The molecule has 0 aliphatic heterocycles. The predicted octanol–water partition coefficient (Wildman–Crippen LogP) is 2.53. The summed E-state index contributed by atoms with van der Waals surface area (Å²) in [5.41, 5.74) is 2.26. The van der Waals surface area contributed by atoms with Gasteiger partial charge in [0.05, 0.1) is 17.6 Å². The van der Waals surface area contributed by atoms with Crippen molar-refractivity contribution in [3.63, 3.8) is 0 Å². The van der Waals surface area contributed by atoms with Gasteiger partial charge in [-0.25, -0.2) is 4.68 Å². The number of carbonyl (C=O) groups excluding carboxylic acids is 1. The van der Waals surface area contributed by atoms with E-state index in [4.69, 9.17) is 0 Å². The molecule has 22 heavy (non-hydrogen) atoms. The third-order valence-electron chi connectivity index (χ3n) is 3.15. The van der Waals surface area contributed by atoms with Crippen molar-refractivity contribution in [3.8, 4) is 11.4 Å². The highest BCUT2D eigenvalue weighted by molar-refractivity contribution is 6.03. The first kappa shape index (κ1) is 13.8. The lowest BCUT2D eigenvalue weighted by atomic mass is 10.2. The molecule has 0 aliphatic rings. The monoisotopic (exact) mass is 294 g/mol. The second kappa shape index (κ2) is 5.69. The summed E-state index contributed by atoms with van der Waals surface area (Å²) < 4.78 is 1.52. The van der Waals surface area contributed by atoms with Crippen LogP contribution in [-0.4, -0.2) is 26.0 Å². The van der Waals surface area contributed by atoms with Crippen LogP contribution in [0.15, 0.2) is 54.7 Å². The Kier molecular flexibility index (Phi) is 3.57. The van der Waals surface area contributed by atoms with Crippen LogP contribution in [0.5, 0.6) is 5.75 Å². The van der Waals surface area contributed by atoms with Crippen LogP contribution in [-0.2, 0) is 0 Å². The number of amides is 1. The minimum atomic E-state index is -0.428. The highest BCUT2D eigenvalue weighted by Gasteiger charge is 2.13. The molecule has 0 atom stereocenters. The van der Waals surface area contributed by atoms with Gasteiger partial charge in [0.25, 0.3) is 5.91 Å². The van der Waals surface area contributed by atoms with E-state index in [0.29, 0.717) is 5.69 Å². The number of anilines is 1. The standard InChI is InChI=1S/C16H14N4O2/c1-11-7-8-15(21)13(9-11)17-16(22)14-10-20(19-18-14)12-5-3-2-4-6-12/h2-10,21H,1H3,(H,17,22). The minimum Gasteiger partial charge on any atom is -0.506 e. The zero-order valence-electron chi connectivity index (χ0n) is 11.9. The molecule has 3 aromatic rings. The number of hydrogen-bond acceptors (Lipinski definition) is 4. The highest BCUT2D eigenvalue weighted by Crippen LogP contribution is 2.24. The fourth-order valence-electron chi connectivity index (χ4n) is 2.01. The zero-order chi connectivity index (χ0) is 15.5. The molecule has 0 saturated carbocycles. The first-order chi connectivity index (χ1) is 10.6. The van der Waals surface area contributed by atoms with Crippen LogP contribution in [0.1, 0.15) is 16.1 Å². The number of carbonyl (C=O) groups is 1. The van der Waals surface area contributed by atoms with Crippen LogP contribution in [0.2, 0.25) is 0 Å². The van der Waals surface area contributed by atoms with E-state index in [0.717, 1.165) is 11.3 Å². The highest BCUT2D eigenvalue weighted by atomic mass is 16.3. The van der Waals surface area contributed by atoms with Crippen molar-refractivity contribution in [2.45, 2.75) is 6.92 Å². The van der Waals surface area contributed by atoms with E-state index < -0.39 is 5.91 Å². The van der Waals surface area contributed by atoms with Gasteiger partial charge in [-0.3, -0.25) is 4.79 Å². The number of phenolic OH excluding ortho intramolecular Hbond substituents is 1. The summed E-state index contributed by atoms with van der Waals surface area (Å²) in [6, 6.07) is 14.4. The number of nitrogens with one attached hydrogen (secondary N) is 1. The smallest absolute Gasteiger partial charge is 0.277 e. The number of aromatic nitrogens is 3. The summed E-state index contributed by atoms with van der Waals surface area (Å²) in [4.78, 5) is 12.2. The SMILES string of the molecule is Cc1ccc(O)c(NC(=O)c2cn(-c3ccccc3)nn2)c1. The molecule has 0 unspecified atom stereocenters. The van der Waals surface area contributed by atoms with Crippen molar-refractivity contribution in [2.24, 2.45) is 0 Å². The number of nitrogens with zero attached hydrogens (tertiary/aromatic N) is 3. The third-order valence-corrected chi connectivity index (χ3v) is 3.15. The van der Waals surface area contributed by atoms with Crippen molar-refractivity contribution in [1.29, 1.82) is 0 Å². The van der Waals surface area contributed by atoms with Crippen LogP contribution in [0.25, 0.3) is 5.69 Å². The average Bonchev–Trinajstić information content (AvgIpc) is 3.02. The second-order valence-corrected chi connectivity index (χ2v) is 4.86. The van der Waals surface area contributed by atoms with Crippen molar-refractivity contribution >= 4 is 11.6 Å². The molecule has 0 bridgehead atoms. The molecule has 1 amide bonds. The Hall–Kier alpha value is -3.15. The van der Waals surface area contributed by atoms with Crippen molar-refractivity contribution < 1.29 is 9.90 Å². The van der Waals surface area contributed by atoms with Crippen LogP contribution >= 0.6 is 0 Å². The summed E-state index contributed by atoms with van der Waals surface area (Å²) in [5, 5.41) is 20.2. The normalized spacial score (nSPS) is 10.4. The molecule has 0 aliphatic carbocycles. The van der Waals surface area contributed by atoms with Gasteiger partial charge in [-0.05, 0) is 36.8 Å². The van der Waals surface area contributed by atoms with Crippen LogP contribution in [0.4, 0.5) is 5.69 Å². The molecule has 0 spiro atoms. The Morgan fingerprint density at radius 3 is 2.73 bits per heavy atom. The summed E-state index contributed by atoms with van der Waals surface area (Å²) in [6.07, 6.45) is 1.54. The quantitative estimate of drug-likeness (QED) is 0.727. The Morgan fingerprint density at radius 1 is 1.18 bits per heavy atom. The molecule has 3 rings (SSSR count). The van der Waals surface area contributed by atoms with E-state index in [1.807, 2.05) is 37.3 Å². The molecule has 2 N–H and O–H groups in total. The van der Waals surface area contributed by atoms with Gasteiger partial charge in [0.2, 0.25) is 0 Å². The Morgan fingerprint density at radius 2 is 1.95 bits per heavy atom. The van der Waals surface area contributed by atoms with E-state index >= 15 is 0 Å². The third kappa shape index (κ3) is 2.80. The average molecular weight is 294 g/mol. The molecular weight excluding hydrogens is 280 g/mol. The second-order valence-electron chi connectivity index (χ2n) is 4.86. The molecule has 0 fully saturated rings. The molecule has 0 radical (unpaired) electrons. The van der Waals surface area contributed by atoms with Gasteiger partial charge in [0.15, 0.2) is 5.69 Å². The fraction of sp³-hybridized carbons (Fsp3) is 0.0625. The molecular formula is C16H14N4O2. The molecule has 1 aromatic heterocycles. The van der Waals surface area contributed by atoms with Gasteiger partial charge in [0, 0.05) is 0 Å². The first-order valence-corrected chi connectivity index (χ1v) is 6.72. The number of para-hydroxylation sites is 1. The van der Waals surface area contributed by atoms with E-state index in [1.54, 1.807) is 12.1 Å². The molecule has 110 valence electrons. The number of hydrogen-bond donors (Lipinski definition) is 2. The summed E-state index contributed by atoms with van der Waals surface area (Å²) in [6.45, 7) is 1.88. The number of aryl methyl sites for hydroxylation is 1. The molecule has 1 heterocycles. The number of rotatable bonds is 3. The molecule has 2 aromatic carbocycles. The van der Waals surface area contributed by atoms with E-state index in [2.05, 4.69) is 15.6 Å². The van der Waals surface area contributed by atoms with Crippen LogP contribution in [0.3, 0.4) is 0 Å². The van der Waals surface area contributed by atoms with Crippen molar-refractivity contribution in [3.05, 3.63) is 66.0 Å². The topological polar surface area (TPSA) is 80.0 Å². The largest absolute Gasteiger partial charge is 0.506 e. The van der Waals surface area contributed by atoms with Gasteiger partial charge >= 0.3 is 0 Å². The van der Waals surface area contributed by atoms with Gasteiger partial charge in [-0.2, -0.15) is 0 Å². The summed E-state index contributed by atoms with van der Waals surface area (Å²) in [5.74, 6) is -0.419. The lowest BCUT2D eigenvalue weighted by Gasteiger charge is -2.06. The number of benzene rings is 2. The first-order valence-electron chi connectivity index (χ1n) is 6.72. The maximum absolute atomic E-state index is 12.2. The van der Waals surface area contributed by atoms with Gasteiger partial charge in [0.1, 0.15) is 5.75 Å². The molecule has 0 saturated heterocycles. The van der Waals surface area contributed by atoms with E-state index in [1.165, 1.54) is 16.9 Å². The Bertz CT molecular complexity index is 812. The number of phenols is 1. The van der Waals surface area contributed by atoms with E-state index in [9.17, 15) is 9.90 Å². The van der Waals surface area contributed by atoms with Gasteiger partial charge in [-0.1, -0.05) is 29.5 Å². The zero-order valence-corrected chi connectivity index (χ0v) is 11.9. The maximum Gasteiger partial charge on any atom is 0.277 e. The number of aromatic hydroxyl groups is 1. The molecule has 6 heteroatoms. The van der Waals surface area contributed by atoms with Crippen LogP contribution in [0, 0.1) is 6.92 Å². The Labute approximate surface area is 127 Å². The molecule has 6 nitrogen and oxygen atoms in total. The summed E-state index contributed by atoms with van der Waals surface area (Å²) in [7, 11) is 0.